The zero-order valence-corrected chi connectivity index (χ0v) is 11.3. The van der Waals surface area contributed by atoms with E-state index in [0.717, 1.165) is 6.26 Å². The number of hydrogen-bond donors (Lipinski definition) is 2. The van der Waals surface area contributed by atoms with Crippen molar-refractivity contribution in [2.24, 2.45) is 5.73 Å². The van der Waals surface area contributed by atoms with Gasteiger partial charge in [0.15, 0.2) is 0 Å². The molecule has 0 bridgehead atoms. The van der Waals surface area contributed by atoms with Gasteiger partial charge in [0.25, 0.3) is 0 Å². The van der Waals surface area contributed by atoms with E-state index in [0.29, 0.717) is 12.4 Å². The summed E-state index contributed by atoms with van der Waals surface area (Å²) >= 11 is 0. The molecule has 0 aliphatic heterocycles. The maximum atomic E-state index is 11.9. The normalized spacial score (nSPS) is 13.3. The van der Waals surface area contributed by atoms with Crippen molar-refractivity contribution in [3.63, 3.8) is 0 Å². The van der Waals surface area contributed by atoms with Crippen molar-refractivity contribution < 1.29 is 13.2 Å². The Labute approximate surface area is 106 Å². The summed E-state index contributed by atoms with van der Waals surface area (Å²) in [5.74, 6) is 0.269. The van der Waals surface area contributed by atoms with Crippen molar-refractivity contribution >= 4 is 15.7 Å². The van der Waals surface area contributed by atoms with Crippen LogP contribution in [-0.4, -0.2) is 54.3 Å². The molecule has 7 nitrogen and oxygen atoms in total. The summed E-state index contributed by atoms with van der Waals surface area (Å²) in [5.41, 5.74) is 5.67. The second kappa shape index (κ2) is 5.96. The Kier molecular flexibility index (Phi) is 4.85. The highest BCUT2D eigenvalue weighted by molar-refractivity contribution is 7.90. The number of imidazole rings is 1. The molecule has 0 saturated carbocycles. The molecule has 1 heterocycles. The third-order valence-corrected chi connectivity index (χ3v) is 3.41. The zero-order chi connectivity index (χ0) is 13.8. The Morgan fingerprint density at radius 1 is 1.61 bits per heavy atom. The second-order valence-corrected chi connectivity index (χ2v) is 6.51. The van der Waals surface area contributed by atoms with Crippen LogP contribution in [0, 0.1) is 0 Å². The van der Waals surface area contributed by atoms with Gasteiger partial charge in [-0.15, -0.1) is 0 Å². The van der Waals surface area contributed by atoms with E-state index >= 15 is 0 Å². The molecule has 0 aliphatic carbocycles. The van der Waals surface area contributed by atoms with Crippen molar-refractivity contribution in [2.75, 3.05) is 19.1 Å². The molecule has 1 unspecified atom stereocenters. The van der Waals surface area contributed by atoms with Crippen molar-refractivity contribution in [1.82, 2.24) is 14.9 Å². The molecular weight excluding hydrogens is 256 g/mol. The number of likely N-dealkylation sites (N-methyl/N-ethyl adjacent to an activating group) is 1. The van der Waals surface area contributed by atoms with Crippen molar-refractivity contribution in [3.05, 3.63) is 18.2 Å². The third-order valence-electron chi connectivity index (χ3n) is 2.43. The molecule has 102 valence electrons. The number of carbonyl (C=O) groups excluding carboxylic acids is 1. The fraction of sp³-hybridized carbons (Fsp3) is 0.600. The summed E-state index contributed by atoms with van der Waals surface area (Å²) in [4.78, 5) is 20.1. The molecule has 1 rings (SSSR count). The maximum Gasteiger partial charge on any atom is 0.239 e. The number of aromatic amines is 1. The first kappa shape index (κ1) is 14.7. The van der Waals surface area contributed by atoms with Gasteiger partial charge in [0.05, 0.1) is 18.3 Å². The lowest BCUT2D eigenvalue weighted by Crippen LogP contribution is -2.42. The minimum atomic E-state index is -3.10. The highest BCUT2D eigenvalue weighted by Crippen LogP contribution is 2.01. The molecule has 0 radical (unpaired) electrons. The number of carbonyl (C=O) groups is 1. The quantitative estimate of drug-likeness (QED) is 0.701. The first-order valence-corrected chi connectivity index (χ1v) is 7.52. The predicted octanol–water partition coefficient (Wildman–Crippen LogP) is -0.870. The molecule has 0 saturated heterocycles. The molecular formula is C10H18N4O3S. The number of nitrogens with zero attached hydrogens (tertiary/aromatic N) is 2. The molecule has 8 heteroatoms. The van der Waals surface area contributed by atoms with Crippen LogP contribution in [0.15, 0.2) is 12.4 Å². The first-order chi connectivity index (χ1) is 8.29. The lowest BCUT2D eigenvalue weighted by molar-refractivity contribution is -0.131. The number of nitrogens with one attached hydrogen (secondary N) is 1. The van der Waals surface area contributed by atoms with Crippen molar-refractivity contribution in [2.45, 2.75) is 19.0 Å². The van der Waals surface area contributed by atoms with Gasteiger partial charge in [0, 0.05) is 25.7 Å². The Bertz CT molecular complexity index is 483. The van der Waals surface area contributed by atoms with Crippen LogP contribution < -0.4 is 5.73 Å². The molecule has 1 atom stereocenters. The van der Waals surface area contributed by atoms with Gasteiger partial charge in [-0.2, -0.15) is 0 Å². The smallest absolute Gasteiger partial charge is 0.239 e. The van der Waals surface area contributed by atoms with E-state index in [9.17, 15) is 13.2 Å². The lowest BCUT2D eigenvalue weighted by atomic mass is 10.2. The minimum absolute atomic E-state index is 0.0888. The summed E-state index contributed by atoms with van der Waals surface area (Å²) in [7, 11) is -1.50. The van der Waals surface area contributed by atoms with Crippen LogP contribution in [0.3, 0.4) is 0 Å². The average molecular weight is 274 g/mol. The Balaban J connectivity index is 2.47. The van der Waals surface area contributed by atoms with Gasteiger partial charge in [0.2, 0.25) is 5.91 Å². The Morgan fingerprint density at radius 3 is 2.78 bits per heavy atom. The van der Waals surface area contributed by atoms with Gasteiger partial charge < -0.3 is 15.6 Å². The van der Waals surface area contributed by atoms with E-state index in [1.54, 1.807) is 19.4 Å². The van der Waals surface area contributed by atoms with Gasteiger partial charge in [-0.25, -0.2) is 13.4 Å². The molecule has 1 aromatic heterocycles. The summed E-state index contributed by atoms with van der Waals surface area (Å²) in [6.45, 7) is 0.318. The zero-order valence-electron chi connectivity index (χ0n) is 10.5. The summed E-state index contributed by atoms with van der Waals surface area (Å²) in [6, 6.07) is -0.806. The van der Waals surface area contributed by atoms with Gasteiger partial charge in [0.1, 0.15) is 15.7 Å². The number of H-pyrrole nitrogens is 1. The SMILES string of the molecule is CN(Cc1ncc[nH]1)C(=O)C(N)CCS(C)(=O)=O. The fourth-order valence-electron chi connectivity index (χ4n) is 1.43. The molecule has 3 N–H and O–H groups in total. The van der Waals surface area contributed by atoms with Crippen molar-refractivity contribution in [1.29, 1.82) is 0 Å². The third kappa shape index (κ3) is 4.84. The number of amides is 1. The van der Waals surface area contributed by atoms with Crippen LogP contribution in [0.4, 0.5) is 0 Å². The number of nitrogens with two attached hydrogens (primary N) is 1. The fourth-order valence-corrected chi connectivity index (χ4v) is 2.12. The standard InChI is InChI=1S/C10H18N4O3S/c1-14(7-9-12-4-5-13-9)10(15)8(11)3-6-18(2,16)17/h4-5,8H,3,6-7,11H2,1-2H3,(H,12,13). The van der Waals surface area contributed by atoms with E-state index in [1.807, 2.05) is 0 Å². The first-order valence-electron chi connectivity index (χ1n) is 5.46. The summed E-state index contributed by atoms with van der Waals surface area (Å²) < 4.78 is 22.0. The largest absolute Gasteiger partial charge is 0.347 e. The summed E-state index contributed by atoms with van der Waals surface area (Å²) in [6.07, 6.45) is 4.51. The molecule has 1 aromatic rings. The van der Waals surface area contributed by atoms with Crippen LogP contribution in [0.5, 0.6) is 0 Å². The van der Waals surface area contributed by atoms with E-state index < -0.39 is 15.9 Å². The molecule has 0 spiro atoms. The highest BCUT2D eigenvalue weighted by atomic mass is 32.2. The molecule has 0 fully saturated rings. The minimum Gasteiger partial charge on any atom is -0.347 e. The maximum absolute atomic E-state index is 11.9. The van der Waals surface area contributed by atoms with E-state index in [2.05, 4.69) is 9.97 Å². The van der Waals surface area contributed by atoms with Crippen molar-refractivity contribution in [3.8, 4) is 0 Å². The number of hydrogen-bond acceptors (Lipinski definition) is 5. The summed E-state index contributed by atoms with van der Waals surface area (Å²) in [5, 5.41) is 0. The topological polar surface area (TPSA) is 109 Å². The van der Waals surface area contributed by atoms with Gasteiger partial charge in [-0.3, -0.25) is 4.79 Å². The number of sulfone groups is 1. The van der Waals surface area contributed by atoms with Crippen LogP contribution in [-0.2, 0) is 21.2 Å². The second-order valence-electron chi connectivity index (χ2n) is 4.26. The number of rotatable bonds is 6. The predicted molar refractivity (Wildman–Crippen MR) is 67.4 cm³/mol. The van der Waals surface area contributed by atoms with Gasteiger partial charge >= 0.3 is 0 Å². The van der Waals surface area contributed by atoms with Crippen LogP contribution in [0.2, 0.25) is 0 Å². The van der Waals surface area contributed by atoms with Crippen LogP contribution >= 0.6 is 0 Å². The van der Waals surface area contributed by atoms with Crippen LogP contribution in [0.25, 0.3) is 0 Å². The van der Waals surface area contributed by atoms with Gasteiger partial charge in [-0.1, -0.05) is 0 Å². The highest BCUT2D eigenvalue weighted by Gasteiger charge is 2.20. The van der Waals surface area contributed by atoms with E-state index in [4.69, 9.17) is 5.73 Å². The molecule has 18 heavy (non-hydrogen) atoms. The average Bonchev–Trinajstić information content (AvgIpc) is 2.76. The van der Waals surface area contributed by atoms with E-state index in [-0.39, 0.29) is 18.1 Å². The molecule has 1 amide bonds. The molecule has 0 aliphatic rings. The lowest BCUT2D eigenvalue weighted by Gasteiger charge is -2.20. The Hall–Kier alpha value is -1.41. The Morgan fingerprint density at radius 2 is 2.28 bits per heavy atom. The molecule has 0 aromatic carbocycles. The van der Waals surface area contributed by atoms with Crippen LogP contribution in [0.1, 0.15) is 12.2 Å². The van der Waals surface area contributed by atoms with Gasteiger partial charge in [-0.05, 0) is 6.42 Å². The number of aromatic nitrogens is 2. The van der Waals surface area contributed by atoms with E-state index in [1.165, 1.54) is 4.90 Å². The monoisotopic (exact) mass is 274 g/mol.